The molecule has 2 N–H and O–H groups in total. The fourth-order valence-corrected chi connectivity index (χ4v) is 2.86. The maximum Gasteiger partial charge on any atom is 0.315 e. The monoisotopic (exact) mass is 332 g/mol. The molecule has 0 bridgehead atoms. The molecule has 128 valence electrons. The van der Waals surface area contributed by atoms with Gasteiger partial charge in [-0.15, -0.1) is 10.2 Å². The summed E-state index contributed by atoms with van der Waals surface area (Å²) in [6.45, 7) is 0.386. The zero-order valence-electron chi connectivity index (χ0n) is 13.4. The smallest absolute Gasteiger partial charge is 0.315 e. The highest BCUT2D eigenvalue weighted by Crippen LogP contribution is 2.21. The van der Waals surface area contributed by atoms with Crippen LogP contribution in [0, 0.1) is 5.82 Å². The van der Waals surface area contributed by atoms with Gasteiger partial charge in [0.15, 0.2) is 0 Å². The Morgan fingerprint density at radius 3 is 2.79 bits per heavy atom. The van der Waals surface area contributed by atoms with Crippen LogP contribution in [0.4, 0.5) is 9.18 Å². The van der Waals surface area contributed by atoms with Crippen LogP contribution in [0.25, 0.3) is 11.5 Å². The fourth-order valence-electron chi connectivity index (χ4n) is 2.86. The first-order chi connectivity index (χ1) is 11.7. The Hall–Kier alpha value is -2.44. The SMILES string of the molecule is O=C(NCCc1nnc(-c2ccccc2F)o1)NC1CCCCC1. The maximum absolute atomic E-state index is 13.7. The van der Waals surface area contributed by atoms with Crippen molar-refractivity contribution in [3.63, 3.8) is 0 Å². The Balaban J connectivity index is 1.45. The molecule has 3 rings (SSSR count). The molecule has 0 saturated heterocycles. The molecule has 1 heterocycles. The molecule has 0 atom stereocenters. The van der Waals surface area contributed by atoms with Crippen molar-refractivity contribution in [1.82, 2.24) is 20.8 Å². The number of carbonyl (C=O) groups excluding carboxylic acids is 1. The average Bonchev–Trinajstić information content (AvgIpc) is 3.05. The molecule has 1 aromatic carbocycles. The van der Waals surface area contributed by atoms with E-state index in [1.54, 1.807) is 18.2 Å². The number of halogens is 1. The molecular formula is C17H21FN4O2. The number of aromatic nitrogens is 2. The summed E-state index contributed by atoms with van der Waals surface area (Å²) in [5, 5.41) is 13.5. The quantitative estimate of drug-likeness (QED) is 0.882. The van der Waals surface area contributed by atoms with Crippen LogP contribution in [-0.4, -0.2) is 28.8 Å². The van der Waals surface area contributed by atoms with Crippen molar-refractivity contribution in [2.45, 2.75) is 44.6 Å². The summed E-state index contributed by atoms with van der Waals surface area (Å²) in [5.74, 6) is 0.110. The van der Waals surface area contributed by atoms with Crippen LogP contribution in [-0.2, 0) is 6.42 Å². The highest BCUT2D eigenvalue weighted by molar-refractivity contribution is 5.74. The molecule has 24 heavy (non-hydrogen) atoms. The number of carbonyl (C=O) groups is 1. The van der Waals surface area contributed by atoms with Crippen LogP contribution in [0.15, 0.2) is 28.7 Å². The van der Waals surface area contributed by atoms with Crippen molar-refractivity contribution in [3.05, 3.63) is 36.0 Å². The van der Waals surface area contributed by atoms with E-state index in [0.717, 1.165) is 12.8 Å². The lowest BCUT2D eigenvalue weighted by atomic mass is 9.96. The van der Waals surface area contributed by atoms with E-state index in [0.29, 0.717) is 18.9 Å². The molecule has 1 saturated carbocycles. The third kappa shape index (κ3) is 4.31. The number of benzene rings is 1. The lowest BCUT2D eigenvalue weighted by molar-refractivity contribution is 0.232. The van der Waals surface area contributed by atoms with E-state index in [9.17, 15) is 9.18 Å². The third-order valence-corrected chi connectivity index (χ3v) is 4.14. The first-order valence-electron chi connectivity index (χ1n) is 8.34. The standard InChI is InChI=1S/C17H21FN4O2/c18-14-9-5-4-8-13(14)16-22-21-15(24-16)10-11-19-17(23)20-12-6-2-1-3-7-12/h4-5,8-9,12H,1-3,6-7,10-11H2,(H2,19,20,23). The highest BCUT2D eigenvalue weighted by atomic mass is 19.1. The van der Waals surface area contributed by atoms with Gasteiger partial charge < -0.3 is 15.1 Å². The number of nitrogens with zero attached hydrogens (tertiary/aromatic N) is 2. The molecule has 6 nitrogen and oxygen atoms in total. The van der Waals surface area contributed by atoms with Crippen molar-refractivity contribution in [2.75, 3.05) is 6.54 Å². The maximum atomic E-state index is 13.7. The van der Waals surface area contributed by atoms with Crippen molar-refractivity contribution < 1.29 is 13.6 Å². The summed E-state index contributed by atoms with van der Waals surface area (Å²) in [4.78, 5) is 11.8. The summed E-state index contributed by atoms with van der Waals surface area (Å²) < 4.78 is 19.1. The van der Waals surface area contributed by atoms with Gasteiger partial charge in [-0.2, -0.15) is 0 Å². The zero-order valence-corrected chi connectivity index (χ0v) is 13.4. The summed E-state index contributed by atoms with van der Waals surface area (Å²) in [5.41, 5.74) is 0.277. The number of hydrogen-bond acceptors (Lipinski definition) is 4. The van der Waals surface area contributed by atoms with Gasteiger partial charge in [0, 0.05) is 19.0 Å². The lowest BCUT2D eigenvalue weighted by Crippen LogP contribution is -2.43. The van der Waals surface area contributed by atoms with Crippen molar-refractivity contribution >= 4 is 6.03 Å². The summed E-state index contributed by atoms with van der Waals surface area (Å²) >= 11 is 0. The van der Waals surface area contributed by atoms with Crippen molar-refractivity contribution in [1.29, 1.82) is 0 Å². The third-order valence-electron chi connectivity index (χ3n) is 4.14. The zero-order chi connectivity index (χ0) is 16.8. The molecular weight excluding hydrogens is 311 g/mol. The Morgan fingerprint density at radius 1 is 1.21 bits per heavy atom. The summed E-state index contributed by atoms with van der Waals surface area (Å²) in [6.07, 6.45) is 6.09. The minimum absolute atomic E-state index is 0.148. The Bertz CT molecular complexity index is 683. The van der Waals surface area contributed by atoms with Crippen LogP contribution in [0.5, 0.6) is 0 Å². The number of rotatable bonds is 5. The number of nitrogens with one attached hydrogen (secondary N) is 2. The van der Waals surface area contributed by atoms with Crippen LogP contribution >= 0.6 is 0 Å². The highest BCUT2D eigenvalue weighted by Gasteiger charge is 2.16. The Morgan fingerprint density at radius 2 is 2.00 bits per heavy atom. The van der Waals surface area contributed by atoms with Gasteiger partial charge in [-0.1, -0.05) is 31.4 Å². The lowest BCUT2D eigenvalue weighted by Gasteiger charge is -2.22. The second-order valence-corrected chi connectivity index (χ2v) is 5.97. The molecule has 2 amide bonds. The van der Waals surface area contributed by atoms with E-state index in [2.05, 4.69) is 20.8 Å². The van der Waals surface area contributed by atoms with Gasteiger partial charge in [0.2, 0.25) is 5.89 Å². The number of hydrogen-bond donors (Lipinski definition) is 2. The average molecular weight is 332 g/mol. The van der Waals surface area contributed by atoms with Crippen molar-refractivity contribution in [3.8, 4) is 11.5 Å². The molecule has 1 aromatic heterocycles. The normalized spacial score (nSPS) is 15.2. The van der Waals surface area contributed by atoms with Crippen molar-refractivity contribution in [2.24, 2.45) is 0 Å². The molecule has 1 aliphatic carbocycles. The molecule has 0 radical (unpaired) electrons. The van der Waals surface area contributed by atoms with Gasteiger partial charge in [0.25, 0.3) is 5.89 Å². The van der Waals surface area contributed by atoms with E-state index >= 15 is 0 Å². The molecule has 2 aromatic rings. The van der Waals surface area contributed by atoms with E-state index in [1.807, 2.05) is 0 Å². The fraction of sp³-hybridized carbons (Fsp3) is 0.471. The van der Waals surface area contributed by atoms with Gasteiger partial charge in [-0.25, -0.2) is 9.18 Å². The van der Waals surface area contributed by atoms with Crippen LogP contribution in [0.1, 0.15) is 38.0 Å². The minimum Gasteiger partial charge on any atom is -0.421 e. The predicted molar refractivity (Wildman–Crippen MR) is 86.8 cm³/mol. The number of amides is 2. The Kier molecular flexibility index (Phi) is 5.40. The van der Waals surface area contributed by atoms with Crippen LogP contribution in [0.2, 0.25) is 0 Å². The molecule has 7 heteroatoms. The van der Waals surface area contributed by atoms with E-state index < -0.39 is 5.82 Å². The molecule has 1 aliphatic rings. The van der Waals surface area contributed by atoms with Crippen LogP contribution in [0.3, 0.4) is 0 Å². The predicted octanol–water partition coefficient (Wildman–Crippen LogP) is 3.05. The molecule has 1 fully saturated rings. The minimum atomic E-state index is -0.405. The van der Waals surface area contributed by atoms with Gasteiger partial charge >= 0.3 is 6.03 Å². The second kappa shape index (κ2) is 7.90. The first-order valence-corrected chi connectivity index (χ1v) is 8.34. The van der Waals surface area contributed by atoms with Gasteiger partial charge in [0.05, 0.1) is 5.56 Å². The van der Waals surface area contributed by atoms with E-state index in [-0.39, 0.29) is 23.5 Å². The van der Waals surface area contributed by atoms with Gasteiger partial charge in [-0.05, 0) is 25.0 Å². The van der Waals surface area contributed by atoms with E-state index in [4.69, 9.17) is 4.42 Å². The Labute approximate surface area is 139 Å². The molecule has 0 aliphatic heterocycles. The van der Waals surface area contributed by atoms with Crippen LogP contribution < -0.4 is 10.6 Å². The van der Waals surface area contributed by atoms with Gasteiger partial charge in [0.1, 0.15) is 5.82 Å². The number of urea groups is 1. The second-order valence-electron chi connectivity index (χ2n) is 5.97. The molecule has 0 spiro atoms. The first kappa shape index (κ1) is 16.4. The topological polar surface area (TPSA) is 80.1 Å². The molecule has 0 unspecified atom stereocenters. The summed E-state index contributed by atoms with van der Waals surface area (Å²) in [6, 6.07) is 6.34. The van der Waals surface area contributed by atoms with E-state index in [1.165, 1.54) is 25.3 Å². The summed E-state index contributed by atoms with van der Waals surface area (Å²) in [7, 11) is 0. The largest absolute Gasteiger partial charge is 0.421 e. The van der Waals surface area contributed by atoms with Gasteiger partial charge in [-0.3, -0.25) is 0 Å².